The van der Waals surface area contributed by atoms with E-state index in [0.29, 0.717) is 13.2 Å². The smallest absolute Gasteiger partial charge is 0.241 e. The van der Waals surface area contributed by atoms with Crippen molar-refractivity contribution in [1.29, 1.82) is 0 Å². The molecule has 0 saturated carbocycles. The van der Waals surface area contributed by atoms with Gasteiger partial charge in [-0.3, -0.25) is 4.79 Å². The van der Waals surface area contributed by atoms with Gasteiger partial charge in [-0.2, -0.15) is 0 Å². The zero-order chi connectivity index (χ0) is 16.9. The molecule has 0 bridgehead atoms. The maximum absolute atomic E-state index is 12.3. The van der Waals surface area contributed by atoms with Crippen LogP contribution in [-0.2, 0) is 9.53 Å². The average Bonchev–Trinajstić information content (AvgIpc) is 3.01. The number of hydrogen-bond donors (Lipinski definition) is 2. The van der Waals surface area contributed by atoms with Crippen molar-refractivity contribution in [2.45, 2.75) is 35.0 Å². The number of hydrogen-bond acceptors (Lipinski definition) is 6. The summed E-state index contributed by atoms with van der Waals surface area (Å²) in [7, 11) is 0. The normalized spacial score (nSPS) is 16.1. The van der Waals surface area contributed by atoms with Gasteiger partial charge in [-0.15, -0.1) is 23.7 Å². The maximum Gasteiger partial charge on any atom is 0.241 e. The largest absolute Gasteiger partial charge is 0.381 e. The molecule has 2 aromatic rings. The Bertz CT molecular complexity index is 687. The lowest BCUT2D eigenvalue weighted by molar-refractivity contribution is -0.119. The lowest BCUT2D eigenvalue weighted by atomic mass is 9.92. The lowest BCUT2D eigenvalue weighted by Gasteiger charge is -2.26. The topological polar surface area (TPSA) is 77.2 Å². The Morgan fingerprint density at radius 1 is 1.36 bits per heavy atom. The Balaban J connectivity index is 0.00000225. The van der Waals surface area contributed by atoms with Gasteiger partial charge in [-0.05, 0) is 49.9 Å². The number of aryl methyl sites for hydroxylation is 1. The number of anilines is 1. The standard InChI is InChI=1S/C17H21N3O2S2.ClH/c1-11-10-23-17(19-11)24-14-4-2-13(3-5-14)20-16(21)15(18)12-6-8-22-9-7-12;/h2-5,10,12,15H,6-9,18H2,1H3,(H,20,21);1H. The molecule has 1 saturated heterocycles. The molecule has 136 valence electrons. The van der Waals surface area contributed by atoms with Crippen LogP contribution in [0.2, 0.25) is 0 Å². The number of thiazole rings is 1. The van der Waals surface area contributed by atoms with Crippen molar-refractivity contribution in [3.8, 4) is 0 Å². The first kappa shape index (κ1) is 20.2. The summed E-state index contributed by atoms with van der Waals surface area (Å²) < 4.78 is 6.34. The van der Waals surface area contributed by atoms with Crippen molar-refractivity contribution in [1.82, 2.24) is 4.98 Å². The van der Waals surface area contributed by atoms with Gasteiger partial charge in [0.15, 0.2) is 4.34 Å². The first-order valence-corrected chi connectivity index (χ1v) is 9.65. The summed E-state index contributed by atoms with van der Waals surface area (Å²) in [6.45, 7) is 3.36. The highest BCUT2D eigenvalue weighted by atomic mass is 35.5. The number of carbonyl (C=O) groups excluding carboxylic acids is 1. The molecule has 1 aromatic carbocycles. The first-order chi connectivity index (χ1) is 11.6. The Kier molecular flexibility index (Phi) is 7.71. The third-order valence-electron chi connectivity index (χ3n) is 4.00. The molecule has 1 unspecified atom stereocenters. The van der Waals surface area contributed by atoms with Crippen molar-refractivity contribution >= 4 is 47.1 Å². The van der Waals surface area contributed by atoms with Gasteiger partial charge in [-0.1, -0.05) is 11.8 Å². The number of ether oxygens (including phenoxy) is 1. The molecule has 0 aliphatic carbocycles. The molecule has 0 radical (unpaired) electrons. The fourth-order valence-corrected chi connectivity index (χ4v) is 4.41. The van der Waals surface area contributed by atoms with Crippen LogP contribution >= 0.6 is 35.5 Å². The van der Waals surface area contributed by atoms with E-state index in [1.807, 2.05) is 36.6 Å². The molecule has 1 fully saturated rings. The van der Waals surface area contributed by atoms with E-state index >= 15 is 0 Å². The predicted molar refractivity (Wildman–Crippen MR) is 105 cm³/mol. The Hall–Kier alpha value is -1.12. The van der Waals surface area contributed by atoms with Gasteiger partial charge in [0.25, 0.3) is 0 Å². The zero-order valence-corrected chi connectivity index (χ0v) is 16.4. The molecule has 3 rings (SSSR count). The molecule has 2 heterocycles. The van der Waals surface area contributed by atoms with E-state index in [4.69, 9.17) is 10.5 Å². The van der Waals surface area contributed by atoms with Crippen molar-refractivity contribution in [3.05, 3.63) is 35.3 Å². The van der Waals surface area contributed by atoms with Crippen LogP contribution in [0.5, 0.6) is 0 Å². The van der Waals surface area contributed by atoms with Crippen molar-refractivity contribution in [2.24, 2.45) is 11.7 Å². The second-order valence-corrected chi connectivity index (χ2v) is 8.02. The van der Waals surface area contributed by atoms with Crippen LogP contribution in [0.25, 0.3) is 0 Å². The second-order valence-electron chi connectivity index (χ2n) is 5.85. The van der Waals surface area contributed by atoms with E-state index in [9.17, 15) is 4.79 Å². The van der Waals surface area contributed by atoms with E-state index in [2.05, 4.69) is 10.3 Å². The van der Waals surface area contributed by atoms with Crippen LogP contribution in [0, 0.1) is 12.8 Å². The van der Waals surface area contributed by atoms with Crippen LogP contribution < -0.4 is 11.1 Å². The molecule has 1 atom stereocenters. The molecule has 1 aliphatic rings. The fraction of sp³-hybridized carbons (Fsp3) is 0.412. The SMILES string of the molecule is Cc1csc(Sc2ccc(NC(=O)C(N)C3CCOCC3)cc2)n1.Cl. The van der Waals surface area contributed by atoms with Crippen molar-refractivity contribution in [2.75, 3.05) is 18.5 Å². The third kappa shape index (κ3) is 5.69. The number of halogens is 1. The van der Waals surface area contributed by atoms with Gasteiger partial charge in [0, 0.05) is 34.9 Å². The highest BCUT2D eigenvalue weighted by molar-refractivity contribution is 8.01. The minimum absolute atomic E-state index is 0. The molecular formula is C17H22ClN3O2S2. The summed E-state index contributed by atoms with van der Waals surface area (Å²) in [5.41, 5.74) is 7.90. The molecular weight excluding hydrogens is 378 g/mol. The summed E-state index contributed by atoms with van der Waals surface area (Å²) in [6.07, 6.45) is 1.69. The van der Waals surface area contributed by atoms with Gasteiger partial charge >= 0.3 is 0 Å². The molecule has 1 aliphatic heterocycles. The van der Waals surface area contributed by atoms with Crippen LogP contribution in [0.4, 0.5) is 5.69 Å². The lowest BCUT2D eigenvalue weighted by Crippen LogP contribution is -2.43. The molecule has 1 amide bonds. The summed E-state index contributed by atoms with van der Waals surface area (Å²) in [4.78, 5) is 17.8. The van der Waals surface area contributed by atoms with E-state index in [1.165, 1.54) is 0 Å². The van der Waals surface area contributed by atoms with Gasteiger partial charge in [-0.25, -0.2) is 4.98 Å². The van der Waals surface area contributed by atoms with Gasteiger partial charge in [0.05, 0.1) is 6.04 Å². The van der Waals surface area contributed by atoms with Gasteiger partial charge in [0.1, 0.15) is 0 Å². The fourth-order valence-electron chi connectivity index (χ4n) is 2.60. The van der Waals surface area contributed by atoms with Gasteiger partial charge < -0.3 is 15.8 Å². The van der Waals surface area contributed by atoms with E-state index in [1.54, 1.807) is 23.1 Å². The van der Waals surface area contributed by atoms with Crippen molar-refractivity contribution in [3.63, 3.8) is 0 Å². The highest BCUT2D eigenvalue weighted by Gasteiger charge is 2.26. The number of nitrogens with zero attached hydrogens (tertiary/aromatic N) is 1. The van der Waals surface area contributed by atoms with Crippen LogP contribution in [-0.4, -0.2) is 30.1 Å². The zero-order valence-electron chi connectivity index (χ0n) is 13.9. The van der Waals surface area contributed by atoms with E-state index in [0.717, 1.165) is 33.5 Å². The summed E-state index contributed by atoms with van der Waals surface area (Å²) in [6, 6.07) is 7.28. The van der Waals surface area contributed by atoms with Crippen molar-refractivity contribution < 1.29 is 9.53 Å². The number of rotatable bonds is 5. The number of nitrogens with one attached hydrogen (secondary N) is 1. The molecule has 3 N–H and O–H groups in total. The monoisotopic (exact) mass is 399 g/mol. The number of benzene rings is 1. The molecule has 8 heteroatoms. The summed E-state index contributed by atoms with van der Waals surface area (Å²) >= 11 is 3.26. The Morgan fingerprint density at radius 2 is 2.04 bits per heavy atom. The molecule has 0 spiro atoms. The summed E-state index contributed by atoms with van der Waals surface area (Å²) in [5, 5.41) is 4.94. The Labute approximate surface area is 162 Å². The van der Waals surface area contributed by atoms with Crippen LogP contribution in [0.15, 0.2) is 38.9 Å². The molecule has 1 aromatic heterocycles. The quantitative estimate of drug-likeness (QED) is 0.801. The van der Waals surface area contributed by atoms with E-state index in [-0.39, 0.29) is 24.2 Å². The molecule has 5 nitrogen and oxygen atoms in total. The first-order valence-electron chi connectivity index (χ1n) is 7.96. The number of amides is 1. The third-order valence-corrected chi connectivity index (χ3v) is 6.07. The van der Waals surface area contributed by atoms with Crippen LogP contribution in [0.1, 0.15) is 18.5 Å². The minimum Gasteiger partial charge on any atom is -0.381 e. The minimum atomic E-state index is -0.485. The maximum atomic E-state index is 12.3. The summed E-state index contributed by atoms with van der Waals surface area (Å²) in [5.74, 6) is 0.0690. The highest BCUT2D eigenvalue weighted by Crippen LogP contribution is 2.31. The van der Waals surface area contributed by atoms with E-state index < -0.39 is 6.04 Å². The predicted octanol–water partition coefficient (Wildman–Crippen LogP) is 3.72. The van der Waals surface area contributed by atoms with Crippen LogP contribution in [0.3, 0.4) is 0 Å². The molecule has 25 heavy (non-hydrogen) atoms. The Morgan fingerprint density at radius 3 is 2.64 bits per heavy atom. The van der Waals surface area contributed by atoms with Gasteiger partial charge in [0.2, 0.25) is 5.91 Å². The number of nitrogens with two attached hydrogens (primary N) is 1. The number of aromatic nitrogens is 1. The number of carbonyl (C=O) groups is 1. The second kappa shape index (κ2) is 9.54. The average molecular weight is 400 g/mol.